The van der Waals surface area contributed by atoms with Gasteiger partial charge in [0.25, 0.3) is 0 Å². The van der Waals surface area contributed by atoms with Crippen LogP contribution in [0.1, 0.15) is 129 Å². The zero-order chi connectivity index (χ0) is 43.0. The summed E-state index contributed by atoms with van der Waals surface area (Å²) in [5.74, 6) is -59.4. The van der Waals surface area contributed by atoms with E-state index in [1.54, 1.807) is 0 Å². The molecule has 0 bridgehead atoms. The number of carbonyl (C=O) groups is 2. The van der Waals surface area contributed by atoms with E-state index >= 15 is 0 Å². The van der Waals surface area contributed by atoms with Crippen molar-refractivity contribution in [2.24, 2.45) is 5.73 Å². The Labute approximate surface area is 307 Å². The third-order valence-corrected chi connectivity index (χ3v) is 8.66. The molecule has 0 spiro atoms. The van der Waals surface area contributed by atoms with Crippen molar-refractivity contribution >= 4 is 11.9 Å². The molecule has 5 nitrogen and oxygen atoms in total. The maximum Gasteiger partial charge on any atom is 0.460 e. The maximum absolute atomic E-state index is 14.0. The van der Waals surface area contributed by atoms with Crippen LogP contribution in [-0.4, -0.2) is 78.8 Å². The van der Waals surface area contributed by atoms with Crippen LogP contribution in [0.5, 0.6) is 0 Å². The molecule has 1 atom stereocenters. The van der Waals surface area contributed by atoms with Gasteiger partial charge in [-0.25, -0.2) is 0 Å². The van der Waals surface area contributed by atoms with Gasteiger partial charge in [-0.15, -0.1) is 0 Å². The molecule has 22 heteroatoms. The molecule has 55 heavy (non-hydrogen) atoms. The van der Waals surface area contributed by atoms with Gasteiger partial charge in [-0.3, -0.25) is 9.59 Å². The topological polar surface area (TPSA) is 78.6 Å². The Bertz CT molecular complexity index is 1130. The van der Waals surface area contributed by atoms with Gasteiger partial charge < -0.3 is 15.2 Å². The number of hydrogen-bond acceptors (Lipinski definition) is 5. The number of halogens is 17. The van der Waals surface area contributed by atoms with Crippen LogP contribution in [0.3, 0.4) is 0 Å². The molecule has 0 amide bonds. The van der Waals surface area contributed by atoms with E-state index in [0.717, 1.165) is 25.7 Å². The lowest BCUT2D eigenvalue weighted by molar-refractivity contribution is -0.461. The Kier molecular flexibility index (Phi) is 21.1. The van der Waals surface area contributed by atoms with Crippen LogP contribution in [0.25, 0.3) is 0 Å². The van der Waals surface area contributed by atoms with Gasteiger partial charge in [0.2, 0.25) is 0 Å². The van der Waals surface area contributed by atoms with Gasteiger partial charge >= 0.3 is 59.6 Å². The summed E-state index contributed by atoms with van der Waals surface area (Å²) in [5.41, 5.74) is 5.41. The number of esters is 2. The summed E-state index contributed by atoms with van der Waals surface area (Å²) in [5, 5.41) is 0. The fourth-order valence-corrected chi connectivity index (χ4v) is 5.05. The third-order valence-electron chi connectivity index (χ3n) is 8.66. The predicted molar refractivity (Wildman–Crippen MR) is 164 cm³/mol. The average molecular weight is 846 g/mol. The van der Waals surface area contributed by atoms with Crippen molar-refractivity contribution in [1.29, 1.82) is 0 Å². The Morgan fingerprint density at radius 3 is 1.27 bits per heavy atom. The van der Waals surface area contributed by atoms with Crippen molar-refractivity contribution < 1.29 is 93.7 Å². The summed E-state index contributed by atoms with van der Waals surface area (Å²) < 4.78 is 236. The molecule has 0 saturated carbocycles. The highest BCUT2D eigenvalue weighted by atomic mass is 19.4. The molecular weight excluding hydrogens is 797 g/mol. The average Bonchev–Trinajstić information content (AvgIpc) is 3.07. The second kappa shape index (κ2) is 22.0. The minimum atomic E-state index is -8.72. The van der Waals surface area contributed by atoms with Gasteiger partial charge in [-0.1, -0.05) is 96.8 Å². The van der Waals surface area contributed by atoms with Crippen LogP contribution in [0.2, 0.25) is 0 Å². The van der Waals surface area contributed by atoms with Gasteiger partial charge in [-0.2, -0.15) is 74.6 Å². The third kappa shape index (κ3) is 13.9. The van der Waals surface area contributed by atoms with Crippen LogP contribution >= 0.6 is 0 Å². The number of nitrogens with two attached hydrogens (primary N) is 1. The lowest BCUT2D eigenvalue weighted by Crippen LogP contribution is -2.74. The number of ether oxygens (including phenoxy) is 2. The Morgan fingerprint density at radius 1 is 0.473 bits per heavy atom. The molecule has 1 unspecified atom stereocenters. The Morgan fingerprint density at radius 2 is 0.855 bits per heavy atom. The zero-order valence-electron chi connectivity index (χ0n) is 30.1. The van der Waals surface area contributed by atoms with E-state index in [0.29, 0.717) is 6.42 Å². The molecule has 2 N–H and O–H groups in total. The molecule has 0 heterocycles. The lowest BCUT2D eigenvalue weighted by Gasteiger charge is -2.42. The molecule has 0 aromatic rings. The van der Waals surface area contributed by atoms with E-state index in [1.165, 1.54) is 57.8 Å². The molecule has 0 rings (SSSR count). The highest BCUT2D eigenvalue weighted by Crippen LogP contribution is 2.64. The van der Waals surface area contributed by atoms with Crippen LogP contribution in [0.15, 0.2) is 0 Å². The molecule has 0 fully saturated rings. The fraction of sp³-hybridized carbons (Fsp3) is 0.939. The molecule has 0 saturated heterocycles. The second-order valence-electron chi connectivity index (χ2n) is 13.2. The van der Waals surface area contributed by atoms with Gasteiger partial charge in [0, 0.05) is 6.42 Å². The summed E-state index contributed by atoms with van der Waals surface area (Å²) in [4.78, 5) is 23.7. The number of alkyl halides is 17. The van der Waals surface area contributed by atoms with Crippen LogP contribution in [0, 0.1) is 0 Å². The van der Waals surface area contributed by atoms with Crippen molar-refractivity contribution in [3.8, 4) is 0 Å². The first-order chi connectivity index (χ1) is 25.0. The summed E-state index contributed by atoms with van der Waals surface area (Å²) in [7, 11) is 0. The summed E-state index contributed by atoms with van der Waals surface area (Å²) >= 11 is 0. The van der Waals surface area contributed by atoms with Crippen molar-refractivity contribution in [2.45, 2.75) is 183 Å². The molecule has 0 aliphatic rings. The van der Waals surface area contributed by atoms with E-state index in [1.807, 2.05) is 0 Å². The molecule has 0 aliphatic carbocycles. The highest BCUT2D eigenvalue weighted by Gasteiger charge is 2.95. The number of unbranched alkanes of at least 4 members (excludes halogenated alkanes) is 14. The van der Waals surface area contributed by atoms with Crippen molar-refractivity contribution in [1.82, 2.24) is 0 Å². The standard InChI is InChI=1S/C33H48F17NO4/c1-2-3-4-5-6-7-8-9-10-11-12-13-14-17-21-54-24(52)19-16-15-18-23(51)25(53)55-22-20-26(34,35)27(36,37)28(38,39)29(40,41)30(42,43)31(44,45)32(46,47)33(48,49)50/h23H,2-22,51H2,1H3. The summed E-state index contributed by atoms with van der Waals surface area (Å²) in [6.45, 7) is 0.275. The first kappa shape index (κ1) is 52.7. The first-order valence-corrected chi connectivity index (χ1v) is 17.8. The van der Waals surface area contributed by atoms with Gasteiger partial charge in [-0.05, 0) is 19.3 Å². The summed E-state index contributed by atoms with van der Waals surface area (Å²) in [6, 6.07) is -1.72. The van der Waals surface area contributed by atoms with Crippen LogP contribution < -0.4 is 5.73 Å². The normalized spacial score (nSPS) is 14.6. The van der Waals surface area contributed by atoms with Crippen molar-refractivity contribution in [3.63, 3.8) is 0 Å². The molecule has 0 radical (unpaired) electrons. The number of rotatable bonds is 30. The first-order valence-electron chi connectivity index (χ1n) is 17.8. The van der Waals surface area contributed by atoms with Crippen molar-refractivity contribution in [2.75, 3.05) is 13.2 Å². The lowest BCUT2D eigenvalue weighted by atomic mass is 9.88. The van der Waals surface area contributed by atoms with Gasteiger partial charge in [0.05, 0.1) is 19.6 Å². The van der Waals surface area contributed by atoms with E-state index in [-0.39, 0.29) is 32.3 Å². The summed E-state index contributed by atoms with van der Waals surface area (Å²) in [6.07, 6.45) is 4.70. The Hall–Kier alpha value is -2.29. The maximum atomic E-state index is 14.0. The molecule has 0 aromatic carbocycles. The van der Waals surface area contributed by atoms with Crippen molar-refractivity contribution in [3.05, 3.63) is 0 Å². The SMILES string of the molecule is CCCCCCCCCCCCCCCCOC(=O)CCCCC(N)C(=O)OCCC(F)(F)C(F)(F)C(F)(F)C(F)(F)C(F)(F)C(F)(F)C(F)(F)C(F)(F)F. The highest BCUT2D eigenvalue weighted by molar-refractivity contribution is 5.75. The fourth-order valence-electron chi connectivity index (χ4n) is 5.05. The quantitative estimate of drug-likeness (QED) is 0.0443. The van der Waals surface area contributed by atoms with Crippen LogP contribution in [0.4, 0.5) is 74.6 Å². The van der Waals surface area contributed by atoms with Gasteiger partial charge in [0.1, 0.15) is 6.04 Å². The predicted octanol–water partition coefficient (Wildman–Crippen LogP) is 11.8. The molecule has 328 valence electrons. The smallest absolute Gasteiger partial charge is 0.460 e. The van der Waals surface area contributed by atoms with Gasteiger partial charge in [0.15, 0.2) is 0 Å². The van der Waals surface area contributed by atoms with E-state index in [2.05, 4.69) is 11.7 Å². The Balaban J connectivity index is 4.65. The monoisotopic (exact) mass is 845 g/mol. The molecule has 0 aromatic heterocycles. The zero-order valence-corrected chi connectivity index (χ0v) is 30.1. The number of carbonyl (C=O) groups excluding carboxylic acids is 2. The molecular formula is C33H48F17NO4. The van der Waals surface area contributed by atoms with E-state index in [4.69, 9.17) is 10.5 Å². The van der Waals surface area contributed by atoms with Crippen LogP contribution in [-0.2, 0) is 19.1 Å². The minimum absolute atomic E-state index is 0.00795. The minimum Gasteiger partial charge on any atom is -0.466 e. The number of hydrogen-bond donors (Lipinski definition) is 1. The second-order valence-corrected chi connectivity index (χ2v) is 13.2. The van der Waals surface area contributed by atoms with E-state index in [9.17, 15) is 84.2 Å². The van der Waals surface area contributed by atoms with E-state index < -0.39 is 78.6 Å². The molecule has 0 aliphatic heterocycles. The largest absolute Gasteiger partial charge is 0.466 e.